The van der Waals surface area contributed by atoms with Gasteiger partial charge >= 0.3 is 5.97 Å². The van der Waals surface area contributed by atoms with Gasteiger partial charge in [-0.05, 0) is 18.1 Å². The molecule has 0 spiro atoms. The number of benzene rings is 1. The number of esters is 1. The van der Waals surface area contributed by atoms with Crippen molar-refractivity contribution in [3.05, 3.63) is 30.5 Å². The summed E-state index contributed by atoms with van der Waals surface area (Å²) >= 11 is 0. The second kappa shape index (κ2) is 4.62. The second-order valence-corrected chi connectivity index (χ2v) is 4.65. The molecule has 90 valence electrons. The molecule has 0 aliphatic carbocycles. The molecule has 0 amide bonds. The Labute approximate surface area is 101 Å². The number of hydrogen-bond acceptors (Lipinski definition) is 2. The molecule has 0 aliphatic heterocycles. The van der Waals surface area contributed by atoms with E-state index in [1.807, 2.05) is 30.5 Å². The quantitative estimate of drug-likeness (QED) is 0.759. The fraction of sp³-hybridized carbons (Fsp3) is 0.357. The Morgan fingerprint density at radius 2 is 2.06 bits per heavy atom. The molecule has 1 heterocycles. The Morgan fingerprint density at radius 3 is 2.71 bits per heavy atom. The molecule has 0 aliphatic rings. The Kier molecular flexibility index (Phi) is 3.18. The number of carbonyl (C=O) groups excluding carboxylic acids is 1. The molecule has 3 nitrogen and oxygen atoms in total. The number of aromatic nitrogens is 1. The van der Waals surface area contributed by atoms with Crippen molar-refractivity contribution in [1.29, 1.82) is 0 Å². The smallest absolute Gasteiger partial charge is 0.308 e. The van der Waals surface area contributed by atoms with Crippen LogP contribution >= 0.6 is 0 Å². The number of para-hydroxylation sites is 1. The Hall–Kier alpha value is -1.77. The third-order valence-electron chi connectivity index (χ3n) is 2.57. The van der Waals surface area contributed by atoms with E-state index < -0.39 is 0 Å². The van der Waals surface area contributed by atoms with Crippen molar-refractivity contribution in [1.82, 2.24) is 4.57 Å². The van der Waals surface area contributed by atoms with Crippen LogP contribution in [0.3, 0.4) is 0 Å². The van der Waals surface area contributed by atoms with Crippen molar-refractivity contribution in [2.45, 2.75) is 27.3 Å². The molecular formula is C14H17NO2. The number of fused-ring (bicyclic) bond motifs is 1. The van der Waals surface area contributed by atoms with Gasteiger partial charge in [-0.15, -0.1) is 0 Å². The maximum atomic E-state index is 11.1. The largest absolute Gasteiger partial charge is 0.424 e. The fourth-order valence-corrected chi connectivity index (χ4v) is 1.99. The Balaban J connectivity index is 2.50. The first-order valence-electron chi connectivity index (χ1n) is 5.84. The number of ether oxygens (including phenoxy) is 1. The lowest BCUT2D eigenvalue weighted by atomic mass is 10.2. The van der Waals surface area contributed by atoms with Gasteiger partial charge < -0.3 is 9.30 Å². The summed E-state index contributed by atoms with van der Waals surface area (Å²) in [6, 6.07) is 7.97. The van der Waals surface area contributed by atoms with Crippen molar-refractivity contribution in [3.8, 4) is 5.75 Å². The molecule has 0 atom stereocenters. The van der Waals surface area contributed by atoms with Gasteiger partial charge in [0.1, 0.15) is 0 Å². The van der Waals surface area contributed by atoms with Gasteiger partial charge in [0.05, 0.1) is 5.52 Å². The summed E-state index contributed by atoms with van der Waals surface area (Å²) in [5.74, 6) is 0.919. The third kappa shape index (κ3) is 2.49. The van der Waals surface area contributed by atoms with Crippen molar-refractivity contribution in [2.24, 2.45) is 5.92 Å². The molecule has 0 unspecified atom stereocenters. The lowest BCUT2D eigenvalue weighted by molar-refractivity contribution is -0.131. The first kappa shape index (κ1) is 11.7. The van der Waals surface area contributed by atoms with Gasteiger partial charge in [-0.1, -0.05) is 26.0 Å². The van der Waals surface area contributed by atoms with E-state index in [2.05, 4.69) is 18.4 Å². The molecular weight excluding hydrogens is 214 g/mol. The molecule has 0 fully saturated rings. The van der Waals surface area contributed by atoms with Crippen LogP contribution in [-0.4, -0.2) is 10.5 Å². The third-order valence-corrected chi connectivity index (χ3v) is 2.57. The van der Waals surface area contributed by atoms with Gasteiger partial charge in [0.25, 0.3) is 0 Å². The van der Waals surface area contributed by atoms with Crippen LogP contribution in [-0.2, 0) is 11.3 Å². The predicted molar refractivity (Wildman–Crippen MR) is 68.1 cm³/mol. The van der Waals surface area contributed by atoms with E-state index >= 15 is 0 Å². The highest BCUT2D eigenvalue weighted by Gasteiger charge is 2.11. The number of rotatable bonds is 3. The Morgan fingerprint density at radius 1 is 1.35 bits per heavy atom. The summed E-state index contributed by atoms with van der Waals surface area (Å²) in [6.45, 7) is 6.68. The highest BCUT2D eigenvalue weighted by Crippen LogP contribution is 2.28. The standard InChI is InChI=1S/C14H17NO2/c1-10(2)8-15-9-14(17-11(3)16)12-6-4-5-7-13(12)15/h4-7,9-10H,8H2,1-3H3. The topological polar surface area (TPSA) is 31.2 Å². The summed E-state index contributed by atoms with van der Waals surface area (Å²) in [4.78, 5) is 11.1. The monoisotopic (exact) mass is 231 g/mol. The Bertz CT molecular complexity index is 540. The minimum Gasteiger partial charge on any atom is -0.424 e. The SMILES string of the molecule is CC(=O)Oc1cn(CC(C)C)c2ccccc12. The number of nitrogens with zero attached hydrogens (tertiary/aromatic N) is 1. The number of hydrogen-bond donors (Lipinski definition) is 0. The summed E-state index contributed by atoms with van der Waals surface area (Å²) in [5, 5.41) is 0.989. The highest BCUT2D eigenvalue weighted by molar-refractivity contribution is 5.89. The van der Waals surface area contributed by atoms with Crippen LogP contribution in [0, 0.1) is 5.92 Å². The van der Waals surface area contributed by atoms with Gasteiger partial charge in [0.15, 0.2) is 5.75 Å². The maximum absolute atomic E-state index is 11.1. The first-order chi connectivity index (χ1) is 8.08. The van der Waals surface area contributed by atoms with Crippen molar-refractivity contribution in [2.75, 3.05) is 0 Å². The van der Waals surface area contributed by atoms with Crippen LogP contribution in [0.25, 0.3) is 10.9 Å². The summed E-state index contributed by atoms with van der Waals surface area (Å²) in [7, 11) is 0. The van der Waals surface area contributed by atoms with Crippen molar-refractivity contribution < 1.29 is 9.53 Å². The molecule has 2 rings (SSSR count). The second-order valence-electron chi connectivity index (χ2n) is 4.65. The molecule has 0 N–H and O–H groups in total. The van der Waals surface area contributed by atoms with Gasteiger partial charge in [0.2, 0.25) is 0 Å². The zero-order chi connectivity index (χ0) is 12.4. The average molecular weight is 231 g/mol. The molecule has 17 heavy (non-hydrogen) atoms. The predicted octanol–water partition coefficient (Wildman–Crippen LogP) is 3.22. The molecule has 3 heteroatoms. The molecule has 2 aromatic rings. The summed E-state index contributed by atoms with van der Waals surface area (Å²) in [6.07, 6.45) is 1.91. The van der Waals surface area contributed by atoms with Gasteiger partial charge in [-0.25, -0.2) is 0 Å². The molecule has 1 aromatic carbocycles. The maximum Gasteiger partial charge on any atom is 0.308 e. The van der Waals surface area contributed by atoms with Crippen LogP contribution in [0.2, 0.25) is 0 Å². The minimum atomic E-state index is -0.280. The normalized spacial score (nSPS) is 11.1. The van der Waals surface area contributed by atoms with E-state index in [4.69, 9.17) is 4.74 Å². The van der Waals surface area contributed by atoms with Crippen LogP contribution in [0.15, 0.2) is 30.5 Å². The van der Waals surface area contributed by atoms with Crippen LogP contribution in [0.4, 0.5) is 0 Å². The number of carbonyl (C=O) groups is 1. The van der Waals surface area contributed by atoms with Gasteiger partial charge in [-0.2, -0.15) is 0 Å². The lowest BCUT2D eigenvalue weighted by Crippen LogP contribution is -2.03. The highest BCUT2D eigenvalue weighted by atomic mass is 16.5. The van der Waals surface area contributed by atoms with Crippen molar-refractivity contribution in [3.63, 3.8) is 0 Å². The first-order valence-corrected chi connectivity index (χ1v) is 5.84. The average Bonchev–Trinajstić information content (AvgIpc) is 2.56. The van der Waals surface area contributed by atoms with Crippen LogP contribution in [0.5, 0.6) is 5.75 Å². The molecule has 0 radical (unpaired) electrons. The fourth-order valence-electron chi connectivity index (χ4n) is 1.99. The van der Waals surface area contributed by atoms with Gasteiger partial charge in [0, 0.05) is 25.1 Å². The zero-order valence-electron chi connectivity index (χ0n) is 10.4. The van der Waals surface area contributed by atoms with E-state index in [9.17, 15) is 4.79 Å². The van der Waals surface area contributed by atoms with Crippen LogP contribution < -0.4 is 4.74 Å². The van der Waals surface area contributed by atoms with E-state index in [-0.39, 0.29) is 5.97 Å². The van der Waals surface area contributed by atoms with E-state index in [0.29, 0.717) is 11.7 Å². The van der Waals surface area contributed by atoms with Gasteiger partial charge in [-0.3, -0.25) is 4.79 Å². The molecule has 1 aromatic heterocycles. The van der Waals surface area contributed by atoms with E-state index in [1.54, 1.807) is 0 Å². The summed E-state index contributed by atoms with van der Waals surface area (Å²) < 4.78 is 7.37. The molecule has 0 saturated carbocycles. The van der Waals surface area contributed by atoms with E-state index in [1.165, 1.54) is 6.92 Å². The van der Waals surface area contributed by atoms with Crippen molar-refractivity contribution >= 4 is 16.9 Å². The lowest BCUT2D eigenvalue weighted by Gasteiger charge is -2.07. The van der Waals surface area contributed by atoms with E-state index in [0.717, 1.165) is 17.4 Å². The molecule has 0 saturated heterocycles. The minimum absolute atomic E-state index is 0.280. The van der Waals surface area contributed by atoms with Crippen LogP contribution in [0.1, 0.15) is 20.8 Å². The zero-order valence-corrected chi connectivity index (χ0v) is 10.4. The summed E-state index contributed by atoms with van der Waals surface area (Å²) in [5.41, 5.74) is 1.11. The molecule has 0 bridgehead atoms.